The van der Waals surface area contributed by atoms with Crippen molar-refractivity contribution >= 4 is 22.4 Å². The van der Waals surface area contributed by atoms with Crippen LogP contribution in [-0.2, 0) is 6.42 Å². The Balaban J connectivity index is 1.73. The van der Waals surface area contributed by atoms with E-state index in [-0.39, 0.29) is 17.5 Å². The molecule has 0 radical (unpaired) electrons. The number of thiazole rings is 1. The quantitative estimate of drug-likeness (QED) is 0.778. The number of nitrogens with one attached hydrogen (secondary N) is 1. The Morgan fingerprint density at radius 2 is 2.05 bits per heavy atom. The maximum Gasteiger partial charge on any atom is 0.293 e. The summed E-state index contributed by atoms with van der Waals surface area (Å²) in [5.74, 6) is 0.392. The third kappa shape index (κ3) is 3.07. The molecule has 1 aromatic carbocycles. The molecule has 112 valence electrons. The number of amides is 1. The minimum absolute atomic E-state index is 0.260. The fraction of sp³-hybridized carbons (Fsp3) is 0.125. The molecule has 0 atom stereocenters. The predicted molar refractivity (Wildman–Crippen MR) is 83.5 cm³/mol. The van der Waals surface area contributed by atoms with Crippen LogP contribution in [0.4, 0.5) is 9.52 Å². The van der Waals surface area contributed by atoms with Gasteiger partial charge in [-0.05, 0) is 36.4 Å². The van der Waals surface area contributed by atoms with Crippen molar-refractivity contribution in [2.75, 3.05) is 5.32 Å². The van der Waals surface area contributed by atoms with Gasteiger partial charge in [0.25, 0.3) is 5.91 Å². The summed E-state index contributed by atoms with van der Waals surface area (Å²) < 4.78 is 18.3. The van der Waals surface area contributed by atoms with Crippen molar-refractivity contribution in [3.63, 3.8) is 0 Å². The summed E-state index contributed by atoms with van der Waals surface area (Å²) in [6.07, 6.45) is 0.735. The summed E-state index contributed by atoms with van der Waals surface area (Å²) >= 11 is 1.31. The number of carbonyl (C=O) groups excluding carboxylic acids is 1. The topological polar surface area (TPSA) is 55.1 Å². The molecule has 0 aliphatic heterocycles. The first-order chi connectivity index (χ1) is 10.7. The van der Waals surface area contributed by atoms with Crippen LogP contribution in [0.5, 0.6) is 0 Å². The van der Waals surface area contributed by atoms with E-state index in [1.807, 2.05) is 12.3 Å². The maximum absolute atomic E-state index is 12.9. The second-order valence-corrected chi connectivity index (χ2v) is 5.48. The molecular formula is C16H13FN2O2S. The van der Waals surface area contributed by atoms with Gasteiger partial charge in [0.05, 0.1) is 5.69 Å². The molecule has 0 fully saturated rings. The molecule has 0 saturated carbocycles. The lowest BCUT2D eigenvalue weighted by molar-refractivity contribution is 0.0995. The number of aromatic nitrogens is 1. The van der Waals surface area contributed by atoms with Crippen molar-refractivity contribution in [2.45, 2.75) is 13.3 Å². The Bertz CT molecular complexity index is 793. The fourth-order valence-electron chi connectivity index (χ4n) is 1.93. The van der Waals surface area contributed by atoms with Gasteiger partial charge in [0, 0.05) is 17.4 Å². The smallest absolute Gasteiger partial charge is 0.293 e. The van der Waals surface area contributed by atoms with Crippen molar-refractivity contribution in [3.8, 4) is 11.3 Å². The highest BCUT2D eigenvalue weighted by molar-refractivity contribution is 7.14. The highest BCUT2D eigenvalue weighted by Gasteiger charge is 2.13. The highest BCUT2D eigenvalue weighted by Crippen LogP contribution is 2.25. The third-order valence-corrected chi connectivity index (χ3v) is 3.86. The maximum atomic E-state index is 12.9. The molecule has 4 nitrogen and oxygen atoms in total. The van der Waals surface area contributed by atoms with Crippen LogP contribution >= 0.6 is 11.3 Å². The largest absolute Gasteiger partial charge is 0.456 e. The molecule has 3 aromatic rings. The average Bonchev–Trinajstić information content (AvgIpc) is 3.17. The van der Waals surface area contributed by atoms with Crippen LogP contribution in [0, 0.1) is 5.82 Å². The van der Waals surface area contributed by atoms with Crippen LogP contribution in [0.2, 0.25) is 0 Å². The van der Waals surface area contributed by atoms with E-state index < -0.39 is 0 Å². The summed E-state index contributed by atoms with van der Waals surface area (Å²) in [7, 11) is 0. The number of benzene rings is 1. The zero-order valence-electron chi connectivity index (χ0n) is 11.8. The summed E-state index contributed by atoms with van der Waals surface area (Å²) in [4.78, 5) is 16.4. The van der Waals surface area contributed by atoms with Crippen molar-refractivity contribution < 1.29 is 13.6 Å². The Morgan fingerprint density at radius 1 is 1.27 bits per heavy atom. The first-order valence-corrected chi connectivity index (χ1v) is 7.65. The average molecular weight is 316 g/mol. The molecule has 0 unspecified atom stereocenters. The Labute approximate surface area is 130 Å². The number of furan rings is 1. The summed E-state index contributed by atoms with van der Waals surface area (Å²) in [6.45, 7) is 1.95. The molecule has 22 heavy (non-hydrogen) atoms. The van der Waals surface area contributed by atoms with E-state index in [1.54, 1.807) is 24.3 Å². The Hall–Kier alpha value is -2.47. The van der Waals surface area contributed by atoms with E-state index >= 15 is 0 Å². The van der Waals surface area contributed by atoms with Gasteiger partial charge in [0.2, 0.25) is 0 Å². The predicted octanol–water partition coefficient (Wildman–Crippen LogP) is 4.36. The molecular weight excluding hydrogens is 303 g/mol. The number of anilines is 1. The molecule has 0 bridgehead atoms. The van der Waals surface area contributed by atoms with Crippen LogP contribution in [0.15, 0.2) is 46.2 Å². The van der Waals surface area contributed by atoms with Crippen LogP contribution in [-0.4, -0.2) is 10.9 Å². The number of carbonyl (C=O) groups is 1. The van der Waals surface area contributed by atoms with Gasteiger partial charge >= 0.3 is 0 Å². The van der Waals surface area contributed by atoms with Crippen molar-refractivity contribution in [1.82, 2.24) is 4.98 Å². The number of hydrogen-bond donors (Lipinski definition) is 1. The molecule has 2 heterocycles. The monoisotopic (exact) mass is 316 g/mol. The van der Waals surface area contributed by atoms with Gasteiger partial charge in [-0.3, -0.25) is 10.1 Å². The summed E-state index contributed by atoms with van der Waals surface area (Å²) in [6, 6.07) is 9.47. The van der Waals surface area contributed by atoms with E-state index in [2.05, 4.69) is 10.3 Å². The lowest BCUT2D eigenvalue weighted by Gasteiger charge is -1.98. The molecule has 1 N–H and O–H groups in total. The minimum Gasteiger partial charge on any atom is -0.456 e. The van der Waals surface area contributed by atoms with E-state index in [9.17, 15) is 9.18 Å². The van der Waals surface area contributed by atoms with Crippen LogP contribution in [0.1, 0.15) is 23.2 Å². The lowest BCUT2D eigenvalue weighted by atomic mass is 10.2. The number of aryl methyl sites for hydroxylation is 1. The summed E-state index contributed by atoms with van der Waals surface area (Å²) in [5, 5.41) is 4.98. The van der Waals surface area contributed by atoms with Gasteiger partial charge in [-0.2, -0.15) is 0 Å². The standard InChI is InChI=1S/C16H13FN2O2S/c1-2-12-7-8-14(21-12)15(20)19-16-18-13(9-22-16)10-3-5-11(17)6-4-10/h3-9H,2H2,1H3,(H,18,19,20). The van der Waals surface area contributed by atoms with Gasteiger partial charge in [-0.25, -0.2) is 9.37 Å². The Morgan fingerprint density at radius 3 is 2.73 bits per heavy atom. The number of nitrogens with zero attached hydrogens (tertiary/aromatic N) is 1. The molecule has 3 rings (SSSR count). The second-order valence-electron chi connectivity index (χ2n) is 4.62. The van der Waals surface area contributed by atoms with Crippen LogP contribution in [0.3, 0.4) is 0 Å². The third-order valence-electron chi connectivity index (χ3n) is 3.10. The van der Waals surface area contributed by atoms with Crippen molar-refractivity contribution in [3.05, 3.63) is 59.1 Å². The molecule has 1 amide bonds. The number of hydrogen-bond acceptors (Lipinski definition) is 4. The van der Waals surface area contributed by atoms with Crippen molar-refractivity contribution in [2.24, 2.45) is 0 Å². The van der Waals surface area contributed by atoms with E-state index in [0.29, 0.717) is 10.8 Å². The number of halogens is 1. The molecule has 2 aromatic heterocycles. The van der Waals surface area contributed by atoms with Gasteiger partial charge in [-0.15, -0.1) is 11.3 Å². The Kier molecular flexibility index (Phi) is 4.02. The van der Waals surface area contributed by atoms with E-state index in [4.69, 9.17) is 4.42 Å². The second kappa shape index (κ2) is 6.11. The van der Waals surface area contributed by atoms with Crippen LogP contribution < -0.4 is 5.32 Å². The molecule has 6 heteroatoms. The molecule has 0 saturated heterocycles. The van der Waals surface area contributed by atoms with Gasteiger partial charge in [0.15, 0.2) is 10.9 Å². The first-order valence-electron chi connectivity index (χ1n) is 6.77. The first kappa shape index (κ1) is 14.5. The van der Waals surface area contributed by atoms with Gasteiger partial charge in [0.1, 0.15) is 11.6 Å². The van der Waals surface area contributed by atoms with E-state index in [0.717, 1.165) is 17.7 Å². The molecule has 0 spiro atoms. The zero-order valence-corrected chi connectivity index (χ0v) is 12.6. The van der Waals surface area contributed by atoms with Gasteiger partial charge in [-0.1, -0.05) is 6.92 Å². The summed E-state index contributed by atoms with van der Waals surface area (Å²) in [5.41, 5.74) is 1.48. The van der Waals surface area contributed by atoms with Crippen LogP contribution in [0.25, 0.3) is 11.3 Å². The zero-order chi connectivity index (χ0) is 15.5. The van der Waals surface area contributed by atoms with Gasteiger partial charge < -0.3 is 4.42 Å². The normalized spacial score (nSPS) is 10.6. The SMILES string of the molecule is CCc1ccc(C(=O)Nc2nc(-c3ccc(F)cc3)cs2)o1. The molecule has 0 aliphatic rings. The highest BCUT2D eigenvalue weighted by atomic mass is 32.1. The van der Waals surface area contributed by atoms with Crippen molar-refractivity contribution in [1.29, 1.82) is 0 Å². The number of rotatable bonds is 4. The minimum atomic E-state index is -0.334. The lowest BCUT2D eigenvalue weighted by Crippen LogP contribution is -2.10. The van der Waals surface area contributed by atoms with E-state index in [1.165, 1.54) is 23.5 Å². The fourth-order valence-corrected chi connectivity index (χ4v) is 2.65. The molecule has 0 aliphatic carbocycles.